The molecule has 3 nitrogen and oxygen atoms in total. The lowest BCUT2D eigenvalue weighted by Gasteiger charge is -2.06. The van der Waals surface area contributed by atoms with Gasteiger partial charge in [-0.15, -0.1) is 0 Å². The molecule has 0 spiro atoms. The Labute approximate surface area is 133 Å². The third-order valence-electron chi connectivity index (χ3n) is 3.65. The number of halogens is 1. The molecule has 0 radical (unpaired) electrons. The molecule has 0 fully saturated rings. The molecule has 0 bridgehead atoms. The lowest BCUT2D eigenvalue weighted by molar-refractivity contribution is -0.131. The van der Waals surface area contributed by atoms with E-state index in [1.807, 2.05) is 37.4 Å². The number of rotatable bonds is 3. The van der Waals surface area contributed by atoms with Gasteiger partial charge in [-0.05, 0) is 42.5 Å². The van der Waals surface area contributed by atoms with Crippen LogP contribution in [0.2, 0.25) is 0 Å². The zero-order chi connectivity index (χ0) is 16.4. The number of nitrogens with zero attached hydrogens (tertiary/aromatic N) is 1. The number of aryl methyl sites for hydroxylation is 1. The van der Waals surface area contributed by atoms with E-state index >= 15 is 0 Å². The summed E-state index contributed by atoms with van der Waals surface area (Å²) in [6.07, 6.45) is 3.62. The van der Waals surface area contributed by atoms with Gasteiger partial charge >= 0.3 is 5.97 Å². The fourth-order valence-electron chi connectivity index (χ4n) is 2.54. The zero-order valence-corrected chi connectivity index (χ0v) is 12.9. The number of carbonyl (C=O) groups excluding carboxylic acids is 1. The standard InChI is InChI=1S/C19H16FNO2/c1-13(22)23-19-10-8-16(20)11-15(19)7-9-17-12-14-5-3-4-6-18(14)21(17)2/h3-12H,1-2H3/b9-7+. The van der Waals surface area contributed by atoms with Crippen LogP contribution in [-0.4, -0.2) is 10.5 Å². The van der Waals surface area contributed by atoms with Gasteiger partial charge in [-0.1, -0.05) is 18.2 Å². The molecule has 3 rings (SSSR count). The molecular formula is C19H16FNO2. The minimum Gasteiger partial charge on any atom is -0.426 e. The Morgan fingerprint density at radius 2 is 1.91 bits per heavy atom. The van der Waals surface area contributed by atoms with Gasteiger partial charge in [-0.2, -0.15) is 0 Å². The summed E-state index contributed by atoms with van der Waals surface area (Å²) in [4.78, 5) is 11.2. The van der Waals surface area contributed by atoms with Crippen molar-refractivity contribution in [3.63, 3.8) is 0 Å². The van der Waals surface area contributed by atoms with Crippen LogP contribution in [-0.2, 0) is 11.8 Å². The van der Waals surface area contributed by atoms with Crippen LogP contribution >= 0.6 is 0 Å². The first-order valence-corrected chi connectivity index (χ1v) is 7.25. The highest BCUT2D eigenvalue weighted by molar-refractivity contribution is 5.85. The van der Waals surface area contributed by atoms with Crippen LogP contribution in [0.25, 0.3) is 23.1 Å². The predicted molar refractivity (Wildman–Crippen MR) is 89.6 cm³/mol. The maximum Gasteiger partial charge on any atom is 0.308 e. The van der Waals surface area contributed by atoms with Crippen molar-refractivity contribution in [3.05, 3.63) is 65.6 Å². The molecule has 0 saturated heterocycles. The third kappa shape index (κ3) is 3.16. The van der Waals surface area contributed by atoms with Crippen LogP contribution in [0.4, 0.5) is 4.39 Å². The van der Waals surface area contributed by atoms with Crippen LogP contribution in [0.15, 0.2) is 48.5 Å². The second kappa shape index (κ2) is 6.08. The van der Waals surface area contributed by atoms with Crippen LogP contribution < -0.4 is 4.74 Å². The van der Waals surface area contributed by atoms with E-state index in [9.17, 15) is 9.18 Å². The maximum absolute atomic E-state index is 13.5. The minimum absolute atomic E-state index is 0.342. The summed E-state index contributed by atoms with van der Waals surface area (Å²) in [7, 11) is 1.97. The molecule has 0 saturated carbocycles. The highest BCUT2D eigenvalue weighted by Gasteiger charge is 2.07. The zero-order valence-electron chi connectivity index (χ0n) is 12.9. The number of para-hydroxylation sites is 1. The Hall–Kier alpha value is -2.88. The van der Waals surface area contributed by atoms with E-state index in [0.717, 1.165) is 16.6 Å². The van der Waals surface area contributed by atoms with E-state index in [4.69, 9.17) is 4.74 Å². The fraction of sp³-hybridized carbons (Fsp3) is 0.105. The second-order valence-corrected chi connectivity index (χ2v) is 5.30. The lowest BCUT2D eigenvalue weighted by Crippen LogP contribution is -2.02. The van der Waals surface area contributed by atoms with E-state index in [1.165, 1.54) is 25.1 Å². The number of benzene rings is 2. The smallest absolute Gasteiger partial charge is 0.308 e. The largest absolute Gasteiger partial charge is 0.426 e. The first kappa shape index (κ1) is 15.0. The van der Waals surface area contributed by atoms with E-state index in [1.54, 1.807) is 6.08 Å². The first-order chi connectivity index (χ1) is 11.0. The molecule has 0 atom stereocenters. The van der Waals surface area contributed by atoms with Crippen LogP contribution in [0.5, 0.6) is 5.75 Å². The van der Waals surface area contributed by atoms with Gasteiger partial charge in [-0.3, -0.25) is 4.79 Å². The SMILES string of the molecule is CC(=O)Oc1ccc(F)cc1/C=C/c1cc2ccccc2n1C. The molecule has 23 heavy (non-hydrogen) atoms. The predicted octanol–water partition coefficient (Wildman–Crippen LogP) is 4.41. The number of carbonyl (C=O) groups is 1. The van der Waals surface area contributed by atoms with E-state index in [-0.39, 0.29) is 5.82 Å². The normalized spacial score (nSPS) is 11.3. The number of hydrogen-bond donors (Lipinski definition) is 0. The van der Waals surface area contributed by atoms with E-state index < -0.39 is 5.97 Å². The molecule has 0 aliphatic rings. The highest BCUT2D eigenvalue weighted by Crippen LogP contribution is 2.24. The molecule has 0 amide bonds. The summed E-state index contributed by atoms with van der Waals surface area (Å²) in [6, 6.07) is 14.2. The molecule has 4 heteroatoms. The van der Waals surface area contributed by atoms with Gasteiger partial charge in [0.1, 0.15) is 11.6 Å². The molecule has 0 N–H and O–H groups in total. The topological polar surface area (TPSA) is 31.2 Å². The monoisotopic (exact) mass is 309 g/mol. The third-order valence-corrected chi connectivity index (χ3v) is 3.65. The van der Waals surface area contributed by atoms with Crippen molar-refractivity contribution in [1.29, 1.82) is 0 Å². The average molecular weight is 309 g/mol. The molecule has 116 valence electrons. The van der Waals surface area contributed by atoms with E-state index in [0.29, 0.717) is 11.3 Å². The first-order valence-electron chi connectivity index (χ1n) is 7.25. The number of esters is 1. The van der Waals surface area contributed by atoms with Gasteiger partial charge in [0.05, 0.1) is 0 Å². The Morgan fingerprint density at radius 1 is 1.13 bits per heavy atom. The molecule has 0 unspecified atom stereocenters. The average Bonchev–Trinajstić information content (AvgIpc) is 2.84. The summed E-state index contributed by atoms with van der Waals surface area (Å²) >= 11 is 0. The van der Waals surface area contributed by atoms with Crippen LogP contribution in [0.1, 0.15) is 18.2 Å². The van der Waals surface area contributed by atoms with Crippen LogP contribution in [0.3, 0.4) is 0 Å². The van der Waals surface area contributed by atoms with Crippen molar-refractivity contribution < 1.29 is 13.9 Å². The summed E-state index contributed by atoms with van der Waals surface area (Å²) in [5.74, 6) is -0.470. The van der Waals surface area contributed by atoms with Crippen molar-refractivity contribution in [2.24, 2.45) is 7.05 Å². The van der Waals surface area contributed by atoms with Gasteiger partial charge in [0.15, 0.2) is 0 Å². The Kier molecular flexibility index (Phi) is 3.98. The van der Waals surface area contributed by atoms with Crippen LogP contribution in [0, 0.1) is 5.82 Å². The minimum atomic E-state index is -0.434. The van der Waals surface area contributed by atoms with Gasteiger partial charge in [-0.25, -0.2) is 4.39 Å². The molecule has 0 aliphatic heterocycles. The summed E-state index contributed by atoms with van der Waals surface area (Å²) in [6.45, 7) is 1.32. The molecular weight excluding hydrogens is 293 g/mol. The number of fused-ring (bicyclic) bond motifs is 1. The number of ether oxygens (including phenoxy) is 1. The Bertz CT molecular complexity index is 909. The number of aromatic nitrogens is 1. The lowest BCUT2D eigenvalue weighted by atomic mass is 10.1. The van der Waals surface area contributed by atoms with Gasteiger partial charge < -0.3 is 9.30 Å². The molecule has 3 aromatic rings. The fourth-order valence-corrected chi connectivity index (χ4v) is 2.54. The Balaban J connectivity index is 2.00. The van der Waals surface area contributed by atoms with Gasteiger partial charge in [0.2, 0.25) is 0 Å². The van der Waals surface area contributed by atoms with Crippen molar-refractivity contribution in [2.75, 3.05) is 0 Å². The molecule has 1 aromatic heterocycles. The molecule has 2 aromatic carbocycles. The van der Waals surface area contributed by atoms with Crippen molar-refractivity contribution >= 4 is 29.0 Å². The summed E-state index contributed by atoms with van der Waals surface area (Å²) in [5.41, 5.74) is 2.61. The molecule has 1 heterocycles. The van der Waals surface area contributed by atoms with Gasteiger partial charge in [0, 0.05) is 36.1 Å². The van der Waals surface area contributed by atoms with Gasteiger partial charge in [0.25, 0.3) is 0 Å². The Morgan fingerprint density at radius 3 is 2.65 bits per heavy atom. The summed E-state index contributed by atoms with van der Waals surface area (Å²) < 4.78 is 20.6. The van der Waals surface area contributed by atoms with Crippen molar-refractivity contribution in [2.45, 2.75) is 6.92 Å². The quantitative estimate of drug-likeness (QED) is 0.530. The highest BCUT2D eigenvalue weighted by atomic mass is 19.1. The maximum atomic E-state index is 13.5. The second-order valence-electron chi connectivity index (χ2n) is 5.30. The van der Waals surface area contributed by atoms with E-state index in [2.05, 4.69) is 10.6 Å². The van der Waals surface area contributed by atoms with Crippen molar-refractivity contribution in [3.8, 4) is 5.75 Å². The van der Waals surface area contributed by atoms with Crippen molar-refractivity contribution in [1.82, 2.24) is 4.57 Å². The molecule has 0 aliphatic carbocycles. The number of hydrogen-bond acceptors (Lipinski definition) is 2. The summed E-state index contributed by atoms with van der Waals surface area (Å²) in [5, 5.41) is 1.13.